The molecule has 0 bridgehead atoms. The fourth-order valence-corrected chi connectivity index (χ4v) is 1.25. The second-order valence-corrected chi connectivity index (χ2v) is 2.86. The van der Waals surface area contributed by atoms with Gasteiger partial charge in [0.15, 0.2) is 6.29 Å². The van der Waals surface area contributed by atoms with Gasteiger partial charge >= 0.3 is 0 Å². The summed E-state index contributed by atoms with van der Waals surface area (Å²) in [5.74, 6) is 0. The van der Waals surface area contributed by atoms with Crippen LogP contribution in [0.25, 0.3) is 0 Å². The van der Waals surface area contributed by atoms with E-state index in [0.717, 1.165) is 0 Å². The summed E-state index contributed by atoms with van der Waals surface area (Å²) in [4.78, 5) is 0. The Morgan fingerprint density at radius 1 is 1.38 bits per heavy atom. The minimum atomic E-state index is -1.45. The van der Waals surface area contributed by atoms with Crippen LogP contribution in [0.1, 0.15) is 1.37 Å². The largest absolute Gasteiger partial charge is 0.394 e. The van der Waals surface area contributed by atoms with Crippen molar-refractivity contribution in [3.05, 3.63) is 0 Å². The maximum absolute atomic E-state index is 9.43. The van der Waals surface area contributed by atoms with E-state index in [2.05, 4.69) is 4.74 Å². The number of aliphatic hydroxyl groups excluding tert-OH is 4. The van der Waals surface area contributed by atoms with E-state index in [1.165, 1.54) is 0 Å². The maximum atomic E-state index is 9.43. The molecular formula is C7H14O6. The molecule has 1 unspecified atom stereocenters. The fourth-order valence-electron chi connectivity index (χ4n) is 1.25. The van der Waals surface area contributed by atoms with Crippen molar-refractivity contribution in [3.8, 4) is 0 Å². The summed E-state index contributed by atoms with van der Waals surface area (Å²) in [6.45, 7) is -0.511. The zero-order chi connectivity index (χ0) is 10.7. The molecule has 1 fully saturated rings. The van der Waals surface area contributed by atoms with Gasteiger partial charge in [0, 0.05) is 7.09 Å². The van der Waals surface area contributed by atoms with Gasteiger partial charge in [0.05, 0.1) is 7.98 Å². The maximum Gasteiger partial charge on any atom is 0.184 e. The zero-order valence-corrected chi connectivity index (χ0v) is 6.91. The van der Waals surface area contributed by atoms with Crippen molar-refractivity contribution in [2.24, 2.45) is 0 Å². The lowest BCUT2D eigenvalue weighted by molar-refractivity contribution is -0.291. The van der Waals surface area contributed by atoms with E-state index >= 15 is 0 Å². The SMILES string of the molecule is [2H]CO[C@H]1C(O)O[C@H](CO)[C@@H](O)[C@@H]1O. The van der Waals surface area contributed by atoms with Crippen molar-refractivity contribution < 1.29 is 31.3 Å². The third-order valence-electron chi connectivity index (χ3n) is 2.04. The Labute approximate surface area is 76.7 Å². The average Bonchev–Trinajstić information content (AvgIpc) is 2.18. The van der Waals surface area contributed by atoms with Crippen LogP contribution in [0.3, 0.4) is 0 Å². The quantitative estimate of drug-likeness (QED) is 0.386. The second kappa shape index (κ2) is 4.32. The van der Waals surface area contributed by atoms with Crippen molar-refractivity contribution in [3.63, 3.8) is 0 Å². The summed E-state index contributed by atoms with van der Waals surface area (Å²) in [7, 11) is -0.460. The molecule has 13 heavy (non-hydrogen) atoms. The molecule has 1 aliphatic heterocycles. The first kappa shape index (κ1) is 9.32. The first-order valence-corrected chi connectivity index (χ1v) is 3.83. The topological polar surface area (TPSA) is 99.4 Å². The smallest absolute Gasteiger partial charge is 0.184 e. The molecule has 1 heterocycles. The zero-order valence-electron chi connectivity index (χ0n) is 7.91. The van der Waals surface area contributed by atoms with Gasteiger partial charge in [-0.25, -0.2) is 0 Å². The van der Waals surface area contributed by atoms with E-state index in [0.29, 0.717) is 0 Å². The predicted molar refractivity (Wildman–Crippen MR) is 40.8 cm³/mol. The number of rotatable bonds is 2. The molecule has 0 aromatic carbocycles. The summed E-state index contributed by atoms with van der Waals surface area (Å²) in [5.41, 5.74) is 0. The second-order valence-electron chi connectivity index (χ2n) is 2.86. The van der Waals surface area contributed by atoms with Gasteiger partial charge in [-0.3, -0.25) is 0 Å². The van der Waals surface area contributed by atoms with Gasteiger partial charge in [-0.2, -0.15) is 0 Å². The highest BCUT2D eigenvalue weighted by atomic mass is 16.7. The molecule has 0 aromatic heterocycles. The van der Waals surface area contributed by atoms with E-state index in [-0.39, 0.29) is 0 Å². The monoisotopic (exact) mass is 195 g/mol. The molecule has 1 saturated heterocycles. The molecule has 1 aliphatic rings. The Hall–Kier alpha value is -0.240. The van der Waals surface area contributed by atoms with Crippen LogP contribution in [-0.4, -0.2) is 64.8 Å². The van der Waals surface area contributed by atoms with Gasteiger partial charge in [-0.15, -0.1) is 0 Å². The van der Waals surface area contributed by atoms with Crippen molar-refractivity contribution in [1.82, 2.24) is 0 Å². The van der Waals surface area contributed by atoms with Crippen LogP contribution in [0, 0.1) is 0 Å². The molecular weight excluding hydrogens is 180 g/mol. The van der Waals surface area contributed by atoms with Crippen LogP contribution in [-0.2, 0) is 9.47 Å². The first-order valence-electron chi connectivity index (χ1n) is 4.54. The van der Waals surface area contributed by atoms with Crippen LogP contribution >= 0.6 is 0 Å². The molecule has 0 aromatic rings. The molecule has 0 spiro atoms. The fraction of sp³-hybridized carbons (Fsp3) is 1.00. The highest BCUT2D eigenvalue weighted by Crippen LogP contribution is 2.21. The van der Waals surface area contributed by atoms with Crippen molar-refractivity contribution in [2.75, 3.05) is 13.7 Å². The molecule has 6 heteroatoms. The lowest BCUT2D eigenvalue weighted by Gasteiger charge is -2.39. The Morgan fingerprint density at radius 3 is 2.62 bits per heavy atom. The Morgan fingerprint density at radius 2 is 2.08 bits per heavy atom. The molecule has 4 N–H and O–H groups in total. The average molecular weight is 195 g/mol. The van der Waals surface area contributed by atoms with Crippen molar-refractivity contribution in [1.29, 1.82) is 0 Å². The van der Waals surface area contributed by atoms with Crippen molar-refractivity contribution >= 4 is 0 Å². The van der Waals surface area contributed by atoms with E-state index in [9.17, 15) is 15.3 Å². The first-order chi connectivity index (χ1) is 6.61. The highest BCUT2D eigenvalue weighted by molar-refractivity contribution is 4.88. The van der Waals surface area contributed by atoms with Gasteiger partial charge in [-0.1, -0.05) is 0 Å². The third kappa shape index (κ3) is 1.98. The molecule has 78 valence electrons. The number of ether oxygens (including phenoxy) is 2. The third-order valence-corrected chi connectivity index (χ3v) is 2.04. The molecule has 0 aliphatic carbocycles. The van der Waals surface area contributed by atoms with E-state index in [1.54, 1.807) is 0 Å². The van der Waals surface area contributed by atoms with Gasteiger partial charge in [0.1, 0.15) is 24.4 Å². The molecule has 0 saturated carbocycles. The Balaban J connectivity index is 2.63. The summed E-state index contributed by atoms with van der Waals surface area (Å²) in [5, 5.41) is 36.8. The standard InChI is InChI=1S/C7H14O6/c1-12-6-5(10)4(9)3(2-8)13-7(6)11/h3-11H,2H2,1H3/t3-,4-,5+,6-,7?/m1/s1/i1D. The minimum absolute atomic E-state index is 0.460. The summed E-state index contributed by atoms with van der Waals surface area (Å²) < 4.78 is 16.2. The van der Waals surface area contributed by atoms with Gasteiger partial charge in [0.25, 0.3) is 0 Å². The summed E-state index contributed by atoms with van der Waals surface area (Å²) in [6, 6.07) is 0. The van der Waals surface area contributed by atoms with Crippen LogP contribution < -0.4 is 0 Å². The van der Waals surface area contributed by atoms with Gasteiger partial charge in [0.2, 0.25) is 0 Å². The van der Waals surface area contributed by atoms with E-state index < -0.39 is 44.4 Å². The Kier molecular flexibility index (Phi) is 3.09. The predicted octanol–water partition coefficient (Wildman–Crippen LogP) is -2.57. The van der Waals surface area contributed by atoms with Crippen LogP contribution in [0.5, 0.6) is 0 Å². The molecule has 1 rings (SSSR count). The molecule has 6 nitrogen and oxygen atoms in total. The number of hydrogen-bond donors (Lipinski definition) is 4. The van der Waals surface area contributed by atoms with Gasteiger partial charge < -0.3 is 29.9 Å². The number of methoxy groups -OCH3 is 1. The number of aliphatic hydroxyl groups is 4. The summed E-state index contributed by atoms with van der Waals surface area (Å²) >= 11 is 0. The lowest BCUT2D eigenvalue weighted by Crippen LogP contribution is -2.59. The van der Waals surface area contributed by atoms with E-state index in [4.69, 9.17) is 11.2 Å². The van der Waals surface area contributed by atoms with Gasteiger partial charge in [-0.05, 0) is 0 Å². The Bertz CT molecular complexity index is 180. The minimum Gasteiger partial charge on any atom is -0.394 e. The molecule has 0 amide bonds. The van der Waals surface area contributed by atoms with Crippen molar-refractivity contribution in [2.45, 2.75) is 30.7 Å². The number of hydrogen-bond acceptors (Lipinski definition) is 6. The van der Waals surface area contributed by atoms with Crippen LogP contribution in [0.15, 0.2) is 0 Å². The normalized spacial score (nSPS) is 47.4. The molecule has 5 atom stereocenters. The van der Waals surface area contributed by atoms with E-state index in [1.807, 2.05) is 0 Å². The molecule has 0 radical (unpaired) electrons. The van der Waals surface area contributed by atoms with Crippen LogP contribution in [0.2, 0.25) is 0 Å². The lowest BCUT2D eigenvalue weighted by atomic mass is 9.99. The summed E-state index contributed by atoms with van der Waals surface area (Å²) in [6.07, 6.45) is -6.35. The van der Waals surface area contributed by atoms with Crippen LogP contribution in [0.4, 0.5) is 0 Å². The highest BCUT2D eigenvalue weighted by Gasteiger charge is 2.43.